The quantitative estimate of drug-likeness (QED) is 0.205. The van der Waals surface area contributed by atoms with Gasteiger partial charge in [0.25, 0.3) is 0 Å². The first kappa shape index (κ1) is 33.3. The van der Waals surface area contributed by atoms with Crippen molar-refractivity contribution in [3.63, 3.8) is 0 Å². The molecule has 0 aliphatic heterocycles. The normalized spacial score (nSPS) is 12.6. The molecule has 4 heteroatoms. The lowest BCUT2D eigenvalue weighted by Gasteiger charge is -2.25. The van der Waals surface area contributed by atoms with Gasteiger partial charge < -0.3 is 5.11 Å². The number of benzene rings is 5. The minimum absolute atomic E-state index is 0.0326. The highest BCUT2D eigenvalue weighted by molar-refractivity contribution is 5.99. The summed E-state index contributed by atoms with van der Waals surface area (Å²) in [5.41, 5.74) is 12.5. The third-order valence-corrected chi connectivity index (χ3v) is 9.82. The smallest absolute Gasteiger partial charge is 0.145 e. The molecule has 0 saturated carbocycles. The lowest BCUT2D eigenvalue weighted by Crippen LogP contribution is -2.15. The first-order valence-corrected chi connectivity index (χ1v) is 17.6. The molecule has 2 aromatic heterocycles. The van der Waals surface area contributed by atoms with Crippen molar-refractivity contribution in [2.75, 3.05) is 0 Å². The average Bonchev–Trinajstić information content (AvgIpc) is 3.47. The van der Waals surface area contributed by atoms with E-state index < -0.39 is 0 Å². The molecule has 0 fully saturated rings. The van der Waals surface area contributed by atoms with Gasteiger partial charge in [-0.3, -0.25) is 9.55 Å². The zero-order chi connectivity index (χ0) is 35.6. The third-order valence-electron chi connectivity index (χ3n) is 9.82. The summed E-state index contributed by atoms with van der Waals surface area (Å²) < 4.78 is 2.25. The number of aromatic nitrogens is 3. The lowest BCUT2D eigenvalue weighted by atomic mass is 9.80. The number of phenolic OH excluding ortho intramolecular Hbond substituents is 1. The van der Waals surface area contributed by atoms with Gasteiger partial charge in [-0.1, -0.05) is 123 Å². The number of fused-ring (bicyclic) bond motifs is 2. The highest BCUT2D eigenvalue weighted by Crippen LogP contribution is 2.41. The van der Waals surface area contributed by atoms with Crippen LogP contribution in [-0.2, 0) is 16.2 Å². The minimum Gasteiger partial charge on any atom is -0.507 e. The second-order valence-corrected chi connectivity index (χ2v) is 16.6. The largest absolute Gasteiger partial charge is 0.507 e. The molecular weight excluding hydrogens is 611 g/mol. The zero-order valence-electron chi connectivity index (χ0n) is 30.8. The Morgan fingerprint density at radius 2 is 1.20 bits per heavy atom. The van der Waals surface area contributed by atoms with Crippen LogP contribution in [0.25, 0.3) is 61.3 Å². The number of rotatable bonds is 4. The van der Waals surface area contributed by atoms with Crippen molar-refractivity contribution in [2.24, 2.45) is 0 Å². The van der Waals surface area contributed by atoms with Crippen molar-refractivity contribution >= 4 is 21.9 Å². The monoisotopic (exact) mass is 657 g/mol. The molecule has 0 saturated heterocycles. The molecule has 0 aliphatic carbocycles. The zero-order valence-corrected chi connectivity index (χ0v) is 30.8. The molecule has 252 valence electrons. The molecule has 7 aromatic rings. The van der Waals surface area contributed by atoms with Crippen molar-refractivity contribution in [1.82, 2.24) is 14.5 Å². The topological polar surface area (TPSA) is 50.9 Å². The molecule has 0 aliphatic rings. The van der Waals surface area contributed by atoms with Crippen LogP contribution >= 0.6 is 0 Å². The molecule has 2 heterocycles. The predicted molar refractivity (Wildman–Crippen MR) is 210 cm³/mol. The van der Waals surface area contributed by atoms with Crippen molar-refractivity contribution in [2.45, 2.75) is 78.6 Å². The summed E-state index contributed by atoms with van der Waals surface area (Å²) in [7, 11) is 0. The molecule has 0 atom stereocenters. The lowest BCUT2D eigenvalue weighted by molar-refractivity contribution is 0.477. The Kier molecular flexibility index (Phi) is 7.98. The number of phenols is 1. The molecule has 1 N–H and O–H groups in total. The van der Waals surface area contributed by atoms with Gasteiger partial charge in [-0.15, -0.1) is 0 Å². The highest BCUT2D eigenvalue weighted by atomic mass is 16.3. The molecule has 0 radical (unpaired) electrons. The standard InChI is InChI=1S/C46H47N3O/c1-44(2,3)31-20-22-33(23-21-31)49-39-18-13-17-35(34-16-10-11-19-40(34)50)42(39)48-43(49)30-15-12-14-29(26-30)36-27-32(45(4,5)6)28-37-38(46(7,8)9)24-25-47-41(36)37/h10-28,50H,1-9H3. The Morgan fingerprint density at radius 1 is 0.540 bits per heavy atom. The number of hydrogen-bond donors (Lipinski definition) is 1. The van der Waals surface area contributed by atoms with E-state index >= 15 is 0 Å². The number of aromatic hydroxyl groups is 1. The summed E-state index contributed by atoms with van der Waals surface area (Å²) in [6, 6.07) is 38.1. The van der Waals surface area contributed by atoms with Crippen LogP contribution in [-0.4, -0.2) is 19.6 Å². The van der Waals surface area contributed by atoms with E-state index in [0.717, 1.165) is 55.9 Å². The number of para-hydroxylation sites is 2. The summed E-state index contributed by atoms with van der Waals surface area (Å²) in [5, 5.41) is 12.1. The minimum atomic E-state index is -0.0435. The van der Waals surface area contributed by atoms with Crippen LogP contribution in [0, 0.1) is 0 Å². The van der Waals surface area contributed by atoms with E-state index in [4.69, 9.17) is 9.97 Å². The van der Waals surface area contributed by atoms with Crippen LogP contribution in [0.1, 0.15) is 79.0 Å². The first-order valence-electron chi connectivity index (χ1n) is 17.6. The Hall–Kier alpha value is -5.22. The summed E-state index contributed by atoms with van der Waals surface area (Å²) in [4.78, 5) is 10.4. The molecular formula is C46H47N3O. The second kappa shape index (κ2) is 12.0. The Bertz CT molecular complexity index is 2380. The molecule has 0 amide bonds. The summed E-state index contributed by atoms with van der Waals surface area (Å²) in [6.07, 6.45) is 1.95. The van der Waals surface area contributed by atoms with Gasteiger partial charge in [-0.2, -0.15) is 0 Å². The van der Waals surface area contributed by atoms with Crippen LogP contribution < -0.4 is 0 Å². The van der Waals surface area contributed by atoms with Crippen molar-refractivity contribution < 1.29 is 5.11 Å². The third kappa shape index (κ3) is 5.98. The number of pyridine rings is 1. The van der Waals surface area contributed by atoms with Gasteiger partial charge in [-0.25, -0.2) is 4.98 Å². The van der Waals surface area contributed by atoms with E-state index in [2.05, 4.69) is 146 Å². The van der Waals surface area contributed by atoms with E-state index in [-0.39, 0.29) is 22.0 Å². The maximum atomic E-state index is 10.9. The van der Waals surface area contributed by atoms with Gasteiger partial charge in [0.05, 0.1) is 16.6 Å². The molecule has 4 nitrogen and oxygen atoms in total. The highest BCUT2D eigenvalue weighted by Gasteiger charge is 2.24. The van der Waals surface area contributed by atoms with E-state index in [9.17, 15) is 5.11 Å². The van der Waals surface area contributed by atoms with Crippen LogP contribution in [0.2, 0.25) is 0 Å². The summed E-state index contributed by atoms with van der Waals surface area (Å²) in [6.45, 7) is 20.4. The van der Waals surface area contributed by atoms with Gasteiger partial charge in [-0.05, 0) is 87.0 Å². The van der Waals surface area contributed by atoms with Crippen molar-refractivity contribution in [3.05, 3.63) is 132 Å². The number of imidazole rings is 1. The molecule has 0 bridgehead atoms. The molecule has 5 aromatic carbocycles. The van der Waals surface area contributed by atoms with E-state index in [0.29, 0.717) is 0 Å². The van der Waals surface area contributed by atoms with E-state index in [1.807, 2.05) is 30.5 Å². The maximum absolute atomic E-state index is 10.9. The summed E-state index contributed by atoms with van der Waals surface area (Å²) in [5.74, 6) is 1.08. The fourth-order valence-electron chi connectivity index (χ4n) is 6.97. The van der Waals surface area contributed by atoms with Crippen molar-refractivity contribution in [1.29, 1.82) is 0 Å². The fraction of sp³-hybridized carbons (Fsp3) is 0.261. The van der Waals surface area contributed by atoms with Gasteiger partial charge in [0.15, 0.2) is 0 Å². The number of hydrogen-bond acceptors (Lipinski definition) is 3. The van der Waals surface area contributed by atoms with Gasteiger partial charge in [0.2, 0.25) is 0 Å². The Morgan fingerprint density at radius 3 is 1.88 bits per heavy atom. The van der Waals surface area contributed by atoms with Crippen LogP contribution in [0.15, 0.2) is 115 Å². The SMILES string of the molecule is CC(C)(C)c1ccc(-n2c(-c3cccc(-c4cc(C(C)(C)C)cc5c(C(C)(C)C)ccnc45)c3)nc3c(-c4ccccc4O)cccc32)cc1. The van der Waals surface area contributed by atoms with Crippen molar-refractivity contribution in [3.8, 4) is 45.1 Å². The summed E-state index contributed by atoms with van der Waals surface area (Å²) >= 11 is 0. The van der Waals surface area contributed by atoms with Crippen LogP contribution in [0.4, 0.5) is 0 Å². The average molecular weight is 658 g/mol. The predicted octanol–water partition coefficient (Wildman–Crippen LogP) is 12.2. The molecule has 50 heavy (non-hydrogen) atoms. The Labute approximate surface area is 296 Å². The van der Waals surface area contributed by atoms with Crippen LogP contribution in [0.3, 0.4) is 0 Å². The van der Waals surface area contributed by atoms with Crippen LogP contribution in [0.5, 0.6) is 5.75 Å². The second-order valence-electron chi connectivity index (χ2n) is 16.6. The van der Waals surface area contributed by atoms with Gasteiger partial charge >= 0.3 is 0 Å². The molecule has 0 spiro atoms. The maximum Gasteiger partial charge on any atom is 0.145 e. The van der Waals surface area contributed by atoms with Gasteiger partial charge in [0.1, 0.15) is 11.6 Å². The number of nitrogens with zero attached hydrogens (tertiary/aromatic N) is 3. The fourth-order valence-corrected chi connectivity index (χ4v) is 6.97. The van der Waals surface area contributed by atoms with E-state index in [1.165, 1.54) is 22.1 Å². The van der Waals surface area contributed by atoms with E-state index in [1.54, 1.807) is 6.07 Å². The Balaban J connectivity index is 1.50. The molecule has 7 rings (SSSR count). The van der Waals surface area contributed by atoms with Gasteiger partial charge in [0, 0.05) is 39.5 Å². The first-order chi connectivity index (χ1) is 23.6. The molecule has 0 unspecified atom stereocenters.